The Morgan fingerprint density at radius 3 is 2.50 bits per heavy atom. The zero-order valence-corrected chi connectivity index (χ0v) is 16.9. The number of benzene rings is 1. The topological polar surface area (TPSA) is 32.3 Å². The van der Waals surface area contributed by atoms with E-state index in [-0.39, 0.29) is 0 Å². The van der Waals surface area contributed by atoms with Crippen LogP contribution in [-0.2, 0) is 19.4 Å². The minimum absolute atomic E-state index is 0.941. The Hall–Kier alpha value is -2.46. The molecule has 0 atom stereocenters. The number of aryl methyl sites for hydroxylation is 4. The average Bonchev–Trinajstić information content (AvgIpc) is 3.16. The van der Waals surface area contributed by atoms with Crippen LogP contribution >= 0.6 is 0 Å². The van der Waals surface area contributed by atoms with Crippen LogP contribution in [-0.4, -0.2) is 41.0 Å². The van der Waals surface area contributed by atoms with E-state index in [0.717, 1.165) is 38.5 Å². The minimum Gasteiger partial charge on any atom is -0.354 e. The molecule has 0 bridgehead atoms. The Kier molecular flexibility index (Phi) is 4.52. The minimum atomic E-state index is 0.941. The van der Waals surface area contributed by atoms with Gasteiger partial charge in [0.15, 0.2) is 0 Å². The maximum absolute atomic E-state index is 5.06. The third kappa shape index (κ3) is 3.26. The molecule has 1 aliphatic carbocycles. The van der Waals surface area contributed by atoms with E-state index in [1.54, 1.807) is 0 Å². The Balaban J connectivity index is 1.33. The summed E-state index contributed by atoms with van der Waals surface area (Å²) in [6.07, 6.45) is 5.62. The highest BCUT2D eigenvalue weighted by molar-refractivity contribution is 5.85. The first-order valence-electron chi connectivity index (χ1n) is 10.5. The van der Waals surface area contributed by atoms with Gasteiger partial charge in [-0.05, 0) is 79.6 Å². The van der Waals surface area contributed by atoms with Gasteiger partial charge in [-0.25, -0.2) is 4.98 Å². The number of pyridine rings is 2. The molecule has 1 saturated heterocycles. The van der Waals surface area contributed by atoms with Crippen LogP contribution in [0.5, 0.6) is 0 Å². The fraction of sp³-hybridized carbons (Fsp3) is 0.417. The van der Waals surface area contributed by atoms with Crippen LogP contribution in [0.3, 0.4) is 0 Å². The fourth-order valence-corrected chi connectivity index (χ4v) is 4.64. The van der Waals surface area contributed by atoms with Crippen LogP contribution in [0.2, 0.25) is 0 Å². The second kappa shape index (κ2) is 7.17. The zero-order valence-electron chi connectivity index (χ0n) is 16.9. The van der Waals surface area contributed by atoms with Crippen LogP contribution in [0.1, 0.15) is 34.4 Å². The molecule has 4 heteroatoms. The van der Waals surface area contributed by atoms with E-state index in [4.69, 9.17) is 4.98 Å². The van der Waals surface area contributed by atoms with Crippen molar-refractivity contribution < 1.29 is 0 Å². The van der Waals surface area contributed by atoms with E-state index in [2.05, 4.69) is 52.9 Å². The molecule has 0 radical (unpaired) electrons. The number of hydrogen-bond acceptors (Lipinski definition) is 4. The third-order valence-electron chi connectivity index (χ3n) is 6.40. The Morgan fingerprint density at radius 2 is 1.71 bits per heavy atom. The van der Waals surface area contributed by atoms with Crippen LogP contribution < -0.4 is 4.90 Å². The van der Waals surface area contributed by atoms with Crippen molar-refractivity contribution >= 4 is 16.7 Å². The van der Waals surface area contributed by atoms with E-state index >= 15 is 0 Å². The summed E-state index contributed by atoms with van der Waals surface area (Å²) in [5.74, 6) is 1.14. The molecule has 3 aromatic rings. The van der Waals surface area contributed by atoms with Crippen molar-refractivity contribution in [2.24, 2.45) is 0 Å². The maximum atomic E-state index is 5.06. The molecular weight excluding hydrogens is 344 g/mol. The van der Waals surface area contributed by atoms with Gasteiger partial charge in [-0.15, -0.1) is 0 Å². The summed E-state index contributed by atoms with van der Waals surface area (Å²) in [5, 5.41) is 1.33. The highest BCUT2D eigenvalue weighted by atomic mass is 15.3. The zero-order chi connectivity index (χ0) is 19.1. The SMILES string of the molecule is Cc1cccnc1CN1CCN(c2cc(C)c3cc4c(cc3n2)CCC4)CC1. The van der Waals surface area contributed by atoms with Crippen molar-refractivity contribution in [2.45, 2.75) is 39.7 Å². The molecular formula is C24H28N4. The monoisotopic (exact) mass is 372 g/mol. The van der Waals surface area contributed by atoms with Crippen molar-refractivity contribution in [3.8, 4) is 0 Å². The second-order valence-corrected chi connectivity index (χ2v) is 8.32. The summed E-state index contributed by atoms with van der Waals surface area (Å²) < 4.78 is 0. The lowest BCUT2D eigenvalue weighted by molar-refractivity contribution is 0.246. The van der Waals surface area contributed by atoms with Crippen molar-refractivity contribution in [1.82, 2.24) is 14.9 Å². The lowest BCUT2D eigenvalue weighted by Gasteiger charge is -2.35. The standard InChI is InChI=1S/C24H28N4/c1-17-5-4-8-25-23(17)16-27-9-11-28(12-10-27)24-13-18(2)21-14-19-6-3-7-20(19)15-22(21)26-24/h4-5,8,13-15H,3,6-7,9-12,16H2,1-2H3. The summed E-state index contributed by atoms with van der Waals surface area (Å²) in [6.45, 7) is 9.48. The number of piperazine rings is 1. The number of aromatic nitrogens is 2. The van der Waals surface area contributed by atoms with Crippen LogP contribution in [0.4, 0.5) is 5.82 Å². The van der Waals surface area contributed by atoms with Gasteiger partial charge in [0.05, 0.1) is 11.2 Å². The number of fused-ring (bicyclic) bond motifs is 2. The molecule has 0 spiro atoms. The van der Waals surface area contributed by atoms with Crippen molar-refractivity contribution in [3.05, 3.63) is 64.5 Å². The van der Waals surface area contributed by atoms with Crippen LogP contribution in [0.15, 0.2) is 36.5 Å². The molecule has 2 aliphatic rings. The van der Waals surface area contributed by atoms with E-state index in [1.807, 2.05) is 12.3 Å². The quantitative estimate of drug-likeness (QED) is 0.694. The van der Waals surface area contributed by atoms with Crippen LogP contribution in [0, 0.1) is 13.8 Å². The molecule has 0 unspecified atom stereocenters. The number of anilines is 1. The van der Waals surface area contributed by atoms with Gasteiger partial charge in [0.1, 0.15) is 5.82 Å². The normalized spacial score (nSPS) is 17.3. The predicted molar refractivity (Wildman–Crippen MR) is 115 cm³/mol. The smallest absolute Gasteiger partial charge is 0.129 e. The molecule has 144 valence electrons. The predicted octanol–water partition coefficient (Wildman–Crippen LogP) is 4.06. The van der Waals surface area contributed by atoms with E-state index in [9.17, 15) is 0 Å². The summed E-state index contributed by atoms with van der Waals surface area (Å²) in [5.41, 5.74) is 8.04. The Labute approximate surface area is 167 Å². The molecule has 2 aromatic heterocycles. The van der Waals surface area contributed by atoms with Gasteiger partial charge in [-0.1, -0.05) is 6.07 Å². The van der Waals surface area contributed by atoms with Gasteiger partial charge < -0.3 is 4.90 Å². The molecule has 0 saturated carbocycles. The molecule has 1 aliphatic heterocycles. The van der Waals surface area contributed by atoms with Gasteiger partial charge in [0.25, 0.3) is 0 Å². The third-order valence-corrected chi connectivity index (χ3v) is 6.40. The van der Waals surface area contributed by atoms with Gasteiger partial charge >= 0.3 is 0 Å². The number of hydrogen-bond donors (Lipinski definition) is 0. The van der Waals surface area contributed by atoms with E-state index in [0.29, 0.717) is 0 Å². The van der Waals surface area contributed by atoms with Crippen molar-refractivity contribution in [2.75, 3.05) is 31.1 Å². The van der Waals surface area contributed by atoms with Gasteiger partial charge in [-0.2, -0.15) is 0 Å². The molecule has 4 nitrogen and oxygen atoms in total. The summed E-state index contributed by atoms with van der Waals surface area (Å²) in [7, 11) is 0. The number of rotatable bonds is 3. The first-order chi connectivity index (χ1) is 13.7. The fourth-order valence-electron chi connectivity index (χ4n) is 4.64. The summed E-state index contributed by atoms with van der Waals surface area (Å²) in [6, 6.07) is 11.2. The number of nitrogens with zero attached hydrogens (tertiary/aromatic N) is 4. The lowest BCUT2D eigenvalue weighted by atomic mass is 10.0. The van der Waals surface area contributed by atoms with Gasteiger partial charge in [0, 0.05) is 44.3 Å². The molecule has 0 N–H and O–H groups in total. The molecule has 5 rings (SSSR count). The first-order valence-corrected chi connectivity index (χ1v) is 10.5. The molecule has 1 fully saturated rings. The largest absolute Gasteiger partial charge is 0.354 e. The highest BCUT2D eigenvalue weighted by Crippen LogP contribution is 2.30. The van der Waals surface area contributed by atoms with Crippen molar-refractivity contribution in [1.29, 1.82) is 0 Å². The Bertz CT molecular complexity index is 1020. The summed E-state index contributed by atoms with van der Waals surface area (Å²) in [4.78, 5) is 14.6. The second-order valence-electron chi connectivity index (χ2n) is 8.32. The van der Waals surface area contributed by atoms with E-state index < -0.39 is 0 Å². The molecule has 3 heterocycles. The van der Waals surface area contributed by atoms with Crippen molar-refractivity contribution in [3.63, 3.8) is 0 Å². The highest BCUT2D eigenvalue weighted by Gasteiger charge is 2.20. The first kappa shape index (κ1) is 17.6. The molecule has 28 heavy (non-hydrogen) atoms. The summed E-state index contributed by atoms with van der Waals surface area (Å²) >= 11 is 0. The van der Waals surface area contributed by atoms with Gasteiger partial charge in [-0.3, -0.25) is 9.88 Å². The molecule has 1 aromatic carbocycles. The average molecular weight is 373 g/mol. The lowest BCUT2D eigenvalue weighted by Crippen LogP contribution is -2.46. The van der Waals surface area contributed by atoms with Crippen LogP contribution in [0.25, 0.3) is 10.9 Å². The maximum Gasteiger partial charge on any atom is 0.129 e. The molecule has 0 amide bonds. The Morgan fingerprint density at radius 1 is 0.929 bits per heavy atom. The van der Waals surface area contributed by atoms with Gasteiger partial charge in [0.2, 0.25) is 0 Å². The van der Waals surface area contributed by atoms with E-state index in [1.165, 1.54) is 58.1 Å².